The van der Waals surface area contributed by atoms with E-state index in [1.165, 1.54) is 23.9 Å². The van der Waals surface area contributed by atoms with Gasteiger partial charge in [0.1, 0.15) is 11.6 Å². The first-order chi connectivity index (χ1) is 8.72. The molecule has 0 heterocycles. The zero-order chi connectivity index (χ0) is 13.0. The van der Waals surface area contributed by atoms with Gasteiger partial charge >= 0.3 is 0 Å². The first-order valence-corrected chi connectivity index (χ1v) is 6.26. The fraction of sp³-hybridized carbons (Fsp3) is 0.143. The molecular formula is C14H13FO2S. The molecule has 94 valence electrons. The van der Waals surface area contributed by atoms with Gasteiger partial charge in [0, 0.05) is 9.79 Å². The third-order valence-corrected chi connectivity index (χ3v) is 3.57. The Morgan fingerprint density at radius 1 is 1.22 bits per heavy atom. The molecule has 2 rings (SSSR count). The summed E-state index contributed by atoms with van der Waals surface area (Å²) in [6.45, 7) is -0.177. The van der Waals surface area contributed by atoms with Crippen molar-refractivity contribution in [2.24, 2.45) is 0 Å². The summed E-state index contributed by atoms with van der Waals surface area (Å²) in [4.78, 5) is 1.82. The summed E-state index contributed by atoms with van der Waals surface area (Å²) in [5, 5.41) is 9.22. The number of aliphatic hydroxyl groups excluding tert-OH is 1. The van der Waals surface area contributed by atoms with E-state index in [1.807, 2.05) is 24.3 Å². The summed E-state index contributed by atoms with van der Waals surface area (Å²) >= 11 is 1.47. The number of aliphatic hydroxyl groups is 1. The summed E-state index contributed by atoms with van der Waals surface area (Å²) < 4.78 is 18.2. The van der Waals surface area contributed by atoms with Crippen molar-refractivity contribution in [3.05, 3.63) is 53.8 Å². The van der Waals surface area contributed by atoms with Crippen LogP contribution in [0, 0.1) is 5.82 Å². The number of benzene rings is 2. The van der Waals surface area contributed by atoms with E-state index < -0.39 is 0 Å². The van der Waals surface area contributed by atoms with Gasteiger partial charge in [-0.05, 0) is 42.0 Å². The summed E-state index contributed by atoms with van der Waals surface area (Å²) in [7, 11) is 1.61. The van der Waals surface area contributed by atoms with Gasteiger partial charge in [-0.1, -0.05) is 17.8 Å². The van der Waals surface area contributed by atoms with E-state index in [2.05, 4.69) is 0 Å². The molecule has 0 saturated carbocycles. The topological polar surface area (TPSA) is 29.5 Å². The van der Waals surface area contributed by atoms with Crippen LogP contribution in [-0.2, 0) is 6.61 Å². The van der Waals surface area contributed by atoms with E-state index in [-0.39, 0.29) is 12.4 Å². The Kier molecular flexibility index (Phi) is 4.23. The van der Waals surface area contributed by atoms with Gasteiger partial charge in [0.05, 0.1) is 13.7 Å². The minimum absolute atomic E-state index is 0.177. The second-order valence-electron chi connectivity index (χ2n) is 3.69. The van der Waals surface area contributed by atoms with E-state index in [9.17, 15) is 9.50 Å². The monoisotopic (exact) mass is 264 g/mol. The van der Waals surface area contributed by atoms with Crippen LogP contribution in [0.25, 0.3) is 0 Å². The van der Waals surface area contributed by atoms with Crippen LogP contribution in [0.5, 0.6) is 5.75 Å². The van der Waals surface area contributed by atoms with Gasteiger partial charge in [0.15, 0.2) is 0 Å². The zero-order valence-electron chi connectivity index (χ0n) is 9.89. The molecule has 18 heavy (non-hydrogen) atoms. The molecule has 0 aliphatic rings. The molecule has 0 amide bonds. The fourth-order valence-corrected chi connectivity index (χ4v) is 2.53. The predicted octanol–water partition coefficient (Wildman–Crippen LogP) is 3.48. The quantitative estimate of drug-likeness (QED) is 0.916. The number of methoxy groups -OCH3 is 1. The van der Waals surface area contributed by atoms with Gasteiger partial charge in [0.2, 0.25) is 0 Å². The van der Waals surface area contributed by atoms with Gasteiger partial charge in [0.25, 0.3) is 0 Å². The number of halogens is 1. The van der Waals surface area contributed by atoms with E-state index in [0.717, 1.165) is 15.5 Å². The maximum atomic E-state index is 13.1. The second-order valence-corrected chi connectivity index (χ2v) is 4.81. The molecule has 1 N–H and O–H groups in total. The molecule has 0 atom stereocenters. The maximum absolute atomic E-state index is 13.1. The Hall–Kier alpha value is -1.52. The predicted molar refractivity (Wildman–Crippen MR) is 69.4 cm³/mol. The minimum atomic E-state index is -0.339. The molecule has 0 spiro atoms. The van der Waals surface area contributed by atoms with Crippen molar-refractivity contribution in [3.63, 3.8) is 0 Å². The highest BCUT2D eigenvalue weighted by atomic mass is 32.2. The molecule has 0 fully saturated rings. The standard InChI is InChI=1S/C14H13FO2S/c1-17-12-3-2-4-13(8-12)18-14-6-5-11(15)7-10(14)9-16/h2-8,16H,9H2,1H3. The van der Waals surface area contributed by atoms with Crippen LogP contribution >= 0.6 is 11.8 Å². The van der Waals surface area contributed by atoms with Crippen LogP contribution in [0.4, 0.5) is 4.39 Å². The molecular weight excluding hydrogens is 251 g/mol. The van der Waals surface area contributed by atoms with Crippen molar-refractivity contribution >= 4 is 11.8 Å². The Bertz CT molecular complexity index is 543. The fourth-order valence-electron chi connectivity index (χ4n) is 1.56. The molecule has 0 radical (unpaired) electrons. The summed E-state index contributed by atoms with van der Waals surface area (Å²) in [6, 6.07) is 12.0. The van der Waals surface area contributed by atoms with Gasteiger partial charge in [-0.2, -0.15) is 0 Å². The lowest BCUT2D eigenvalue weighted by Gasteiger charge is -2.08. The average molecular weight is 264 g/mol. The maximum Gasteiger partial charge on any atom is 0.123 e. The molecule has 0 saturated heterocycles. The highest BCUT2D eigenvalue weighted by Crippen LogP contribution is 2.32. The average Bonchev–Trinajstić information content (AvgIpc) is 2.41. The Morgan fingerprint density at radius 2 is 2.06 bits per heavy atom. The van der Waals surface area contributed by atoms with Crippen molar-refractivity contribution in [3.8, 4) is 5.75 Å². The summed E-state index contributed by atoms with van der Waals surface area (Å²) in [6.07, 6.45) is 0. The van der Waals surface area contributed by atoms with E-state index in [4.69, 9.17) is 4.74 Å². The molecule has 0 aromatic heterocycles. The normalized spacial score (nSPS) is 10.4. The SMILES string of the molecule is COc1cccc(Sc2ccc(F)cc2CO)c1. The molecule has 2 aromatic rings. The minimum Gasteiger partial charge on any atom is -0.497 e. The number of rotatable bonds is 4. The van der Waals surface area contributed by atoms with Crippen LogP contribution in [0.3, 0.4) is 0 Å². The Morgan fingerprint density at radius 3 is 2.78 bits per heavy atom. The lowest BCUT2D eigenvalue weighted by atomic mass is 10.2. The molecule has 0 unspecified atom stereocenters. The highest BCUT2D eigenvalue weighted by molar-refractivity contribution is 7.99. The van der Waals surface area contributed by atoms with Crippen molar-refractivity contribution in [2.75, 3.05) is 7.11 Å². The van der Waals surface area contributed by atoms with Crippen LogP contribution in [0.1, 0.15) is 5.56 Å². The van der Waals surface area contributed by atoms with E-state index >= 15 is 0 Å². The molecule has 0 aliphatic carbocycles. The summed E-state index contributed by atoms with van der Waals surface area (Å²) in [5.41, 5.74) is 0.586. The largest absolute Gasteiger partial charge is 0.497 e. The van der Waals surface area contributed by atoms with Crippen molar-refractivity contribution < 1.29 is 14.2 Å². The lowest BCUT2D eigenvalue weighted by molar-refractivity contribution is 0.278. The third-order valence-electron chi connectivity index (χ3n) is 2.46. The first-order valence-electron chi connectivity index (χ1n) is 5.44. The number of hydrogen-bond acceptors (Lipinski definition) is 3. The van der Waals surface area contributed by atoms with E-state index in [0.29, 0.717) is 5.56 Å². The van der Waals surface area contributed by atoms with Gasteiger partial charge < -0.3 is 9.84 Å². The van der Waals surface area contributed by atoms with Crippen LogP contribution in [0.2, 0.25) is 0 Å². The zero-order valence-corrected chi connectivity index (χ0v) is 10.7. The number of ether oxygens (including phenoxy) is 1. The molecule has 4 heteroatoms. The second kappa shape index (κ2) is 5.89. The summed E-state index contributed by atoms with van der Waals surface area (Å²) in [5.74, 6) is 0.432. The van der Waals surface area contributed by atoms with Crippen LogP contribution in [-0.4, -0.2) is 12.2 Å². The van der Waals surface area contributed by atoms with Crippen molar-refractivity contribution in [1.29, 1.82) is 0 Å². The smallest absolute Gasteiger partial charge is 0.123 e. The third kappa shape index (κ3) is 3.03. The Balaban J connectivity index is 2.27. The van der Waals surface area contributed by atoms with Gasteiger partial charge in [-0.3, -0.25) is 0 Å². The highest BCUT2D eigenvalue weighted by Gasteiger charge is 2.06. The van der Waals surface area contributed by atoms with Gasteiger partial charge in [-0.25, -0.2) is 4.39 Å². The molecule has 2 aromatic carbocycles. The van der Waals surface area contributed by atoms with E-state index in [1.54, 1.807) is 13.2 Å². The van der Waals surface area contributed by atoms with Crippen LogP contribution < -0.4 is 4.74 Å². The number of hydrogen-bond donors (Lipinski definition) is 1. The van der Waals surface area contributed by atoms with Crippen molar-refractivity contribution in [2.45, 2.75) is 16.4 Å². The molecule has 2 nitrogen and oxygen atoms in total. The lowest BCUT2D eigenvalue weighted by Crippen LogP contribution is -1.89. The van der Waals surface area contributed by atoms with Crippen molar-refractivity contribution in [1.82, 2.24) is 0 Å². The van der Waals surface area contributed by atoms with Crippen LogP contribution in [0.15, 0.2) is 52.3 Å². The van der Waals surface area contributed by atoms with Gasteiger partial charge in [-0.15, -0.1) is 0 Å². The first kappa shape index (κ1) is 12.9. The Labute approximate surface area is 109 Å². The molecule has 0 aliphatic heterocycles. The molecule has 0 bridgehead atoms.